The summed E-state index contributed by atoms with van der Waals surface area (Å²) < 4.78 is 2.14. The van der Waals surface area contributed by atoms with Crippen LogP contribution in [0.5, 0.6) is 0 Å². The normalized spacial score (nSPS) is 11.1. The van der Waals surface area contributed by atoms with E-state index in [9.17, 15) is 0 Å². The van der Waals surface area contributed by atoms with Crippen molar-refractivity contribution in [1.82, 2.24) is 9.88 Å². The van der Waals surface area contributed by atoms with Crippen LogP contribution >= 0.6 is 0 Å². The van der Waals surface area contributed by atoms with E-state index in [0.29, 0.717) is 0 Å². The van der Waals surface area contributed by atoms with Crippen LogP contribution in [-0.2, 0) is 13.6 Å². The lowest BCUT2D eigenvalue weighted by Gasteiger charge is -2.00. The first-order chi connectivity index (χ1) is 7.22. The van der Waals surface area contributed by atoms with Crippen molar-refractivity contribution in [3.63, 3.8) is 0 Å². The second kappa shape index (κ2) is 3.95. The molecule has 0 spiro atoms. The Morgan fingerprint density at radius 3 is 2.93 bits per heavy atom. The second-order valence-electron chi connectivity index (χ2n) is 3.82. The van der Waals surface area contributed by atoms with Gasteiger partial charge in [-0.1, -0.05) is 6.92 Å². The molecule has 3 N–H and O–H groups in total. The third-order valence-electron chi connectivity index (χ3n) is 2.66. The quantitative estimate of drug-likeness (QED) is 0.748. The number of nitrogens with zero attached hydrogens (tertiary/aromatic N) is 1. The van der Waals surface area contributed by atoms with E-state index in [4.69, 9.17) is 5.73 Å². The van der Waals surface area contributed by atoms with Crippen LogP contribution in [0.2, 0.25) is 0 Å². The molecule has 0 atom stereocenters. The first-order valence-corrected chi connectivity index (χ1v) is 5.26. The van der Waals surface area contributed by atoms with E-state index in [-0.39, 0.29) is 0 Å². The highest BCUT2D eigenvalue weighted by Crippen LogP contribution is 2.22. The van der Waals surface area contributed by atoms with Crippen LogP contribution in [0.15, 0.2) is 24.4 Å². The number of aryl methyl sites for hydroxylation is 1. The van der Waals surface area contributed by atoms with Gasteiger partial charge in [-0.3, -0.25) is 0 Å². The van der Waals surface area contributed by atoms with Crippen molar-refractivity contribution in [2.75, 3.05) is 12.3 Å². The number of fused-ring (bicyclic) bond motifs is 1. The highest BCUT2D eigenvalue weighted by atomic mass is 14.9. The molecule has 0 aliphatic carbocycles. The Bertz CT molecular complexity index is 471. The zero-order chi connectivity index (χ0) is 10.8. The SMILES string of the molecule is CCNCc1cn(C)c2ccc(N)cc12. The first-order valence-electron chi connectivity index (χ1n) is 5.26. The molecule has 0 amide bonds. The average Bonchev–Trinajstić information content (AvgIpc) is 2.52. The van der Waals surface area contributed by atoms with E-state index in [1.54, 1.807) is 0 Å². The van der Waals surface area contributed by atoms with Gasteiger partial charge in [-0.05, 0) is 30.3 Å². The van der Waals surface area contributed by atoms with Gasteiger partial charge in [0.15, 0.2) is 0 Å². The minimum atomic E-state index is 0.825. The molecule has 2 rings (SSSR count). The van der Waals surface area contributed by atoms with E-state index in [1.165, 1.54) is 16.5 Å². The molecular weight excluding hydrogens is 186 g/mol. The summed E-state index contributed by atoms with van der Waals surface area (Å²) in [4.78, 5) is 0. The number of anilines is 1. The number of nitrogens with two attached hydrogens (primary N) is 1. The molecule has 0 unspecified atom stereocenters. The monoisotopic (exact) mass is 203 g/mol. The number of hydrogen-bond donors (Lipinski definition) is 2. The minimum absolute atomic E-state index is 0.825. The molecule has 80 valence electrons. The van der Waals surface area contributed by atoms with Crippen molar-refractivity contribution in [3.05, 3.63) is 30.0 Å². The van der Waals surface area contributed by atoms with Gasteiger partial charge in [0.1, 0.15) is 0 Å². The fraction of sp³-hybridized carbons (Fsp3) is 0.333. The Labute approximate surface area is 89.9 Å². The topological polar surface area (TPSA) is 43.0 Å². The van der Waals surface area contributed by atoms with Crippen molar-refractivity contribution in [2.24, 2.45) is 7.05 Å². The molecule has 3 heteroatoms. The van der Waals surface area contributed by atoms with E-state index < -0.39 is 0 Å². The molecule has 2 aromatic rings. The first kappa shape index (κ1) is 10.1. The van der Waals surface area contributed by atoms with Crippen LogP contribution in [0.4, 0.5) is 5.69 Å². The molecule has 0 aliphatic rings. The van der Waals surface area contributed by atoms with Crippen molar-refractivity contribution in [2.45, 2.75) is 13.5 Å². The molecule has 0 aliphatic heterocycles. The summed E-state index contributed by atoms with van der Waals surface area (Å²) in [5, 5.41) is 4.58. The molecule has 1 aromatic heterocycles. The van der Waals surface area contributed by atoms with Gasteiger partial charge in [0.05, 0.1) is 0 Å². The van der Waals surface area contributed by atoms with Gasteiger partial charge < -0.3 is 15.6 Å². The van der Waals surface area contributed by atoms with Gasteiger partial charge >= 0.3 is 0 Å². The number of benzene rings is 1. The molecule has 0 saturated heterocycles. The predicted molar refractivity (Wildman–Crippen MR) is 64.7 cm³/mol. The van der Waals surface area contributed by atoms with Crippen LogP contribution < -0.4 is 11.1 Å². The van der Waals surface area contributed by atoms with Gasteiger partial charge in [0.2, 0.25) is 0 Å². The van der Waals surface area contributed by atoms with Crippen molar-refractivity contribution >= 4 is 16.6 Å². The molecule has 0 fully saturated rings. The standard InChI is InChI=1S/C12H17N3/c1-3-14-7-9-8-15(2)12-5-4-10(13)6-11(9)12/h4-6,8,14H,3,7,13H2,1-2H3. The van der Waals surface area contributed by atoms with Gasteiger partial charge in [0.25, 0.3) is 0 Å². The number of rotatable bonds is 3. The molecule has 0 radical (unpaired) electrons. The third-order valence-corrected chi connectivity index (χ3v) is 2.66. The second-order valence-corrected chi connectivity index (χ2v) is 3.82. The van der Waals surface area contributed by atoms with Crippen LogP contribution in [0.1, 0.15) is 12.5 Å². The predicted octanol–water partition coefficient (Wildman–Crippen LogP) is 1.87. The third kappa shape index (κ3) is 1.83. The number of nitrogen functional groups attached to an aromatic ring is 1. The molecule has 1 heterocycles. The maximum absolute atomic E-state index is 5.80. The molecule has 15 heavy (non-hydrogen) atoms. The summed E-state index contributed by atoms with van der Waals surface area (Å²) in [5.41, 5.74) is 9.17. The number of hydrogen-bond acceptors (Lipinski definition) is 2. The summed E-state index contributed by atoms with van der Waals surface area (Å²) in [5.74, 6) is 0. The van der Waals surface area contributed by atoms with E-state index in [1.807, 2.05) is 12.1 Å². The fourth-order valence-corrected chi connectivity index (χ4v) is 1.89. The summed E-state index contributed by atoms with van der Waals surface area (Å²) in [7, 11) is 2.06. The molecule has 0 bridgehead atoms. The smallest absolute Gasteiger partial charge is 0.0482 e. The Kier molecular flexibility index (Phi) is 2.64. The summed E-state index contributed by atoms with van der Waals surface area (Å²) in [6.45, 7) is 4.00. The van der Waals surface area contributed by atoms with Gasteiger partial charge in [-0.25, -0.2) is 0 Å². The summed E-state index contributed by atoms with van der Waals surface area (Å²) in [6.07, 6.45) is 2.16. The van der Waals surface area contributed by atoms with E-state index >= 15 is 0 Å². The lowest BCUT2D eigenvalue weighted by molar-refractivity contribution is 0.727. The van der Waals surface area contributed by atoms with Crippen LogP contribution in [0.3, 0.4) is 0 Å². The Hall–Kier alpha value is -1.48. The van der Waals surface area contributed by atoms with E-state index in [2.05, 4.69) is 36.1 Å². The Morgan fingerprint density at radius 1 is 1.40 bits per heavy atom. The Morgan fingerprint density at radius 2 is 2.20 bits per heavy atom. The number of aromatic nitrogens is 1. The maximum atomic E-state index is 5.80. The summed E-state index contributed by atoms with van der Waals surface area (Å²) in [6, 6.07) is 6.06. The molecule has 3 nitrogen and oxygen atoms in total. The highest BCUT2D eigenvalue weighted by Gasteiger charge is 2.05. The largest absolute Gasteiger partial charge is 0.399 e. The summed E-state index contributed by atoms with van der Waals surface area (Å²) >= 11 is 0. The maximum Gasteiger partial charge on any atom is 0.0482 e. The lowest BCUT2D eigenvalue weighted by atomic mass is 10.1. The fourth-order valence-electron chi connectivity index (χ4n) is 1.89. The van der Waals surface area contributed by atoms with E-state index in [0.717, 1.165) is 18.8 Å². The zero-order valence-corrected chi connectivity index (χ0v) is 9.25. The average molecular weight is 203 g/mol. The van der Waals surface area contributed by atoms with Crippen molar-refractivity contribution < 1.29 is 0 Å². The van der Waals surface area contributed by atoms with Crippen molar-refractivity contribution in [3.8, 4) is 0 Å². The van der Waals surface area contributed by atoms with Gasteiger partial charge in [-0.2, -0.15) is 0 Å². The Balaban J connectivity index is 2.49. The van der Waals surface area contributed by atoms with Crippen LogP contribution in [-0.4, -0.2) is 11.1 Å². The van der Waals surface area contributed by atoms with Gasteiger partial charge in [-0.15, -0.1) is 0 Å². The minimum Gasteiger partial charge on any atom is -0.399 e. The molecular formula is C12H17N3. The lowest BCUT2D eigenvalue weighted by Crippen LogP contribution is -2.11. The molecule has 1 aromatic carbocycles. The van der Waals surface area contributed by atoms with Crippen molar-refractivity contribution in [1.29, 1.82) is 0 Å². The zero-order valence-electron chi connectivity index (χ0n) is 9.25. The van der Waals surface area contributed by atoms with Crippen LogP contribution in [0.25, 0.3) is 10.9 Å². The van der Waals surface area contributed by atoms with Crippen LogP contribution in [0, 0.1) is 0 Å². The highest BCUT2D eigenvalue weighted by molar-refractivity contribution is 5.86. The number of nitrogens with one attached hydrogen (secondary N) is 1. The molecule has 0 saturated carbocycles. The van der Waals surface area contributed by atoms with Gasteiger partial charge in [0, 0.05) is 36.4 Å².